The zero-order valence-electron chi connectivity index (χ0n) is 10.3. The SMILES string of the molecule is NC(=O)c1cccc(C(=O)N2C[C@@H](F)C[C@H]2CO)c1. The van der Waals surface area contributed by atoms with Crippen molar-refractivity contribution in [3.05, 3.63) is 35.4 Å². The number of aliphatic hydroxyl groups is 1. The van der Waals surface area contributed by atoms with E-state index in [0.29, 0.717) is 0 Å². The largest absolute Gasteiger partial charge is 0.394 e. The summed E-state index contributed by atoms with van der Waals surface area (Å²) in [5.41, 5.74) is 5.64. The van der Waals surface area contributed by atoms with E-state index in [1.165, 1.54) is 23.1 Å². The first-order chi connectivity index (χ1) is 9.02. The molecule has 0 radical (unpaired) electrons. The van der Waals surface area contributed by atoms with Crippen molar-refractivity contribution in [2.45, 2.75) is 18.6 Å². The van der Waals surface area contributed by atoms with Crippen LogP contribution in [-0.4, -0.2) is 47.2 Å². The highest BCUT2D eigenvalue weighted by molar-refractivity contribution is 5.99. The highest BCUT2D eigenvalue weighted by Gasteiger charge is 2.35. The van der Waals surface area contributed by atoms with Gasteiger partial charge in [-0.1, -0.05) is 6.07 Å². The molecule has 1 aromatic rings. The first-order valence-electron chi connectivity index (χ1n) is 5.98. The molecule has 0 aliphatic carbocycles. The number of hydrogen-bond donors (Lipinski definition) is 2. The first-order valence-corrected chi connectivity index (χ1v) is 5.98. The number of nitrogens with zero attached hydrogens (tertiary/aromatic N) is 1. The Morgan fingerprint density at radius 1 is 1.42 bits per heavy atom. The molecular formula is C13H15FN2O3. The van der Waals surface area contributed by atoms with E-state index in [0.717, 1.165) is 0 Å². The highest BCUT2D eigenvalue weighted by atomic mass is 19.1. The maximum atomic E-state index is 13.3. The molecule has 0 aromatic heterocycles. The Balaban J connectivity index is 2.24. The third-order valence-electron chi connectivity index (χ3n) is 3.23. The smallest absolute Gasteiger partial charge is 0.254 e. The van der Waals surface area contributed by atoms with E-state index in [2.05, 4.69) is 0 Å². The van der Waals surface area contributed by atoms with E-state index in [9.17, 15) is 14.0 Å². The molecule has 19 heavy (non-hydrogen) atoms. The van der Waals surface area contributed by atoms with Gasteiger partial charge in [0.15, 0.2) is 0 Å². The zero-order valence-corrected chi connectivity index (χ0v) is 10.3. The predicted octanol–water partition coefficient (Wildman–Crippen LogP) is 0.330. The fraction of sp³-hybridized carbons (Fsp3) is 0.385. The van der Waals surface area contributed by atoms with Crippen molar-refractivity contribution in [1.82, 2.24) is 4.90 Å². The van der Waals surface area contributed by atoms with E-state index in [-0.39, 0.29) is 30.7 Å². The number of hydrogen-bond acceptors (Lipinski definition) is 3. The minimum atomic E-state index is -1.12. The van der Waals surface area contributed by atoms with Gasteiger partial charge in [0, 0.05) is 17.5 Å². The van der Waals surface area contributed by atoms with E-state index < -0.39 is 24.0 Å². The van der Waals surface area contributed by atoms with Crippen LogP contribution in [-0.2, 0) is 0 Å². The quantitative estimate of drug-likeness (QED) is 0.827. The van der Waals surface area contributed by atoms with E-state index >= 15 is 0 Å². The second-order valence-electron chi connectivity index (χ2n) is 4.57. The van der Waals surface area contributed by atoms with Crippen LogP contribution < -0.4 is 5.73 Å². The molecule has 6 heteroatoms. The van der Waals surface area contributed by atoms with Gasteiger partial charge >= 0.3 is 0 Å². The molecular weight excluding hydrogens is 251 g/mol. The van der Waals surface area contributed by atoms with Crippen molar-refractivity contribution >= 4 is 11.8 Å². The lowest BCUT2D eigenvalue weighted by atomic mass is 10.1. The fourth-order valence-corrected chi connectivity index (χ4v) is 2.25. The molecule has 1 aliphatic rings. The Hall–Kier alpha value is -1.95. The third-order valence-corrected chi connectivity index (χ3v) is 3.23. The predicted molar refractivity (Wildman–Crippen MR) is 66.4 cm³/mol. The van der Waals surface area contributed by atoms with Crippen LogP contribution in [0.5, 0.6) is 0 Å². The minimum Gasteiger partial charge on any atom is -0.394 e. The second kappa shape index (κ2) is 5.36. The molecule has 1 aliphatic heterocycles. The molecule has 0 unspecified atom stereocenters. The number of carbonyl (C=O) groups is 2. The number of halogens is 1. The molecule has 1 saturated heterocycles. The normalized spacial score (nSPS) is 22.5. The van der Waals surface area contributed by atoms with Crippen molar-refractivity contribution in [3.63, 3.8) is 0 Å². The summed E-state index contributed by atoms with van der Waals surface area (Å²) in [5.74, 6) is -1.03. The van der Waals surface area contributed by atoms with Gasteiger partial charge < -0.3 is 15.7 Å². The van der Waals surface area contributed by atoms with Crippen LogP contribution in [0.2, 0.25) is 0 Å². The topological polar surface area (TPSA) is 83.6 Å². The summed E-state index contributed by atoms with van der Waals surface area (Å²) in [7, 11) is 0. The molecule has 0 spiro atoms. The number of carbonyl (C=O) groups excluding carboxylic acids is 2. The van der Waals surface area contributed by atoms with E-state index in [4.69, 9.17) is 10.8 Å². The number of rotatable bonds is 3. The molecule has 2 rings (SSSR count). The van der Waals surface area contributed by atoms with Crippen LogP contribution in [0.4, 0.5) is 4.39 Å². The fourth-order valence-electron chi connectivity index (χ4n) is 2.25. The number of amides is 2. The molecule has 1 fully saturated rings. The van der Waals surface area contributed by atoms with Gasteiger partial charge in [0.05, 0.1) is 19.2 Å². The number of alkyl halides is 1. The van der Waals surface area contributed by atoms with Crippen LogP contribution in [0, 0.1) is 0 Å². The zero-order chi connectivity index (χ0) is 14.0. The maximum Gasteiger partial charge on any atom is 0.254 e. The van der Waals surface area contributed by atoms with Crippen molar-refractivity contribution < 1.29 is 19.1 Å². The highest BCUT2D eigenvalue weighted by Crippen LogP contribution is 2.22. The Labute approximate surface area is 109 Å². The summed E-state index contributed by atoms with van der Waals surface area (Å²) >= 11 is 0. The van der Waals surface area contributed by atoms with Crippen LogP contribution in [0.25, 0.3) is 0 Å². The standard InChI is InChI=1S/C13H15FN2O3/c14-10-5-11(7-17)16(6-10)13(19)9-3-1-2-8(4-9)12(15)18/h1-4,10-11,17H,5-7H2,(H2,15,18)/t10-,11-/m0/s1. The molecule has 0 bridgehead atoms. The number of primary amides is 1. The summed E-state index contributed by atoms with van der Waals surface area (Å²) in [5, 5.41) is 9.16. The van der Waals surface area contributed by atoms with E-state index in [1.807, 2.05) is 0 Å². The lowest BCUT2D eigenvalue weighted by Gasteiger charge is -2.22. The summed E-state index contributed by atoms with van der Waals surface area (Å²) in [6, 6.07) is 5.45. The Kier molecular flexibility index (Phi) is 3.80. The summed E-state index contributed by atoms with van der Waals surface area (Å²) in [6.45, 7) is -0.313. The van der Waals surface area contributed by atoms with Gasteiger partial charge in [0.1, 0.15) is 6.17 Å². The van der Waals surface area contributed by atoms with Crippen LogP contribution in [0.3, 0.4) is 0 Å². The molecule has 2 amide bonds. The van der Waals surface area contributed by atoms with Gasteiger partial charge in [-0.05, 0) is 18.2 Å². The molecule has 2 atom stereocenters. The van der Waals surface area contributed by atoms with Crippen molar-refractivity contribution in [1.29, 1.82) is 0 Å². The average Bonchev–Trinajstić information content (AvgIpc) is 2.79. The van der Waals surface area contributed by atoms with Gasteiger partial charge in [0.25, 0.3) is 5.91 Å². The number of nitrogens with two attached hydrogens (primary N) is 1. The molecule has 3 N–H and O–H groups in total. The lowest BCUT2D eigenvalue weighted by Crippen LogP contribution is -2.38. The monoisotopic (exact) mass is 266 g/mol. The Morgan fingerprint density at radius 3 is 2.74 bits per heavy atom. The minimum absolute atomic E-state index is 0.0368. The molecule has 0 saturated carbocycles. The summed E-state index contributed by atoms with van der Waals surface area (Å²) < 4.78 is 13.3. The van der Waals surface area contributed by atoms with Crippen molar-refractivity contribution in [3.8, 4) is 0 Å². The van der Waals surface area contributed by atoms with Crippen molar-refractivity contribution in [2.75, 3.05) is 13.2 Å². The first kappa shape index (κ1) is 13.5. The van der Waals surface area contributed by atoms with Gasteiger partial charge in [-0.15, -0.1) is 0 Å². The van der Waals surface area contributed by atoms with Crippen molar-refractivity contribution in [2.24, 2.45) is 5.73 Å². The average molecular weight is 266 g/mol. The third kappa shape index (κ3) is 2.73. The molecule has 5 nitrogen and oxygen atoms in total. The van der Waals surface area contributed by atoms with Gasteiger partial charge in [-0.2, -0.15) is 0 Å². The van der Waals surface area contributed by atoms with Crippen LogP contribution in [0.15, 0.2) is 24.3 Å². The number of benzene rings is 1. The molecule has 1 aromatic carbocycles. The van der Waals surface area contributed by atoms with Gasteiger partial charge in [-0.25, -0.2) is 4.39 Å². The maximum absolute atomic E-state index is 13.3. The number of likely N-dealkylation sites (tertiary alicyclic amines) is 1. The second-order valence-corrected chi connectivity index (χ2v) is 4.57. The summed E-state index contributed by atoms with van der Waals surface area (Å²) in [4.78, 5) is 24.6. The van der Waals surface area contributed by atoms with Crippen LogP contribution >= 0.6 is 0 Å². The van der Waals surface area contributed by atoms with Gasteiger partial charge in [0.2, 0.25) is 5.91 Å². The van der Waals surface area contributed by atoms with Crippen LogP contribution in [0.1, 0.15) is 27.1 Å². The Bertz CT molecular complexity index is 506. The molecule has 1 heterocycles. The lowest BCUT2D eigenvalue weighted by molar-refractivity contribution is 0.0673. The summed E-state index contributed by atoms with van der Waals surface area (Å²) in [6.07, 6.45) is -0.988. The van der Waals surface area contributed by atoms with E-state index in [1.54, 1.807) is 6.07 Å². The molecule has 102 valence electrons. The number of aliphatic hydroxyl groups excluding tert-OH is 1. The Morgan fingerprint density at radius 2 is 2.11 bits per heavy atom. The van der Waals surface area contributed by atoms with Gasteiger partial charge in [-0.3, -0.25) is 9.59 Å².